The minimum Gasteiger partial charge on any atom is -0.349 e. The third-order valence-electron chi connectivity index (χ3n) is 4.19. The minimum absolute atomic E-state index is 0.0850. The number of hydrogen-bond donors (Lipinski definition) is 1. The number of halogens is 2. The van der Waals surface area contributed by atoms with Crippen LogP contribution in [-0.4, -0.2) is 11.7 Å². The van der Waals surface area contributed by atoms with Gasteiger partial charge in [0.15, 0.2) is 0 Å². The van der Waals surface area contributed by atoms with E-state index in [0.717, 1.165) is 30.6 Å². The normalized spacial score (nSPS) is 16.5. The van der Waals surface area contributed by atoms with Crippen molar-refractivity contribution >= 4 is 40.9 Å². The van der Waals surface area contributed by atoms with Crippen molar-refractivity contribution in [3.8, 4) is 0 Å². The Labute approximate surface area is 156 Å². The fourth-order valence-corrected chi connectivity index (χ4v) is 4.14. The molecule has 2 nitrogen and oxygen atoms in total. The van der Waals surface area contributed by atoms with Crippen LogP contribution < -0.4 is 5.32 Å². The summed E-state index contributed by atoms with van der Waals surface area (Å²) < 4.78 is 0. The molecule has 1 atom stereocenters. The van der Waals surface area contributed by atoms with Crippen molar-refractivity contribution in [1.29, 1.82) is 0 Å². The zero-order valence-corrected chi connectivity index (χ0v) is 15.6. The molecule has 2 aromatic rings. The Balaban J connectivity index is 1.50. The van der Waals surface area contributed by atoms with Crippen LogP contribution in [0.4, 0.5) is 0 Å². The lowest BCUT2D eigenvalue weighted by molar-refractivity contribution is -0.119. The van der Waals surface area contributed by atoms with E-state index in [9.17, 15) is 4.79 Å². The molecule has 24 heavy (non-hydrogen) atoms. The molecule has 0 radical (unpaired) electrons. The van der Waals surface area contributed by atoms with E-state index in [1.807, 2.05) is 18.2 Å². The highest BCUT2D eigenvalue weighted by atomic mass is 35.5. The molecule has 0 aliphatic heterocycles. The summed E-state index contributed by atoms with van der Waals surface area (Å²) in [6.07, 6.45) is 3.24. The second-order valence-corrected chi connectivity index (χ2v) is 7.75. The molecule has 126 valence electrons. The van der Waals surface area contributed by atoms with E-state index in [2.05, 4.69) is 23.5 Å². The quantitative estimate of drug-likeness (QED) is 0.750. The van der Waals surface area contributed by atoms with Gasteiger partial charge in [-0.05, 0) is 48.1 Å². The summed E-state index contributed by atoms with van der Waals surface area (Å²) in [5, 5.41) is 4.28. The summed E-state index contributed by atoms with van der Waals surface area (Å²) in [5.74, 6) is 1.27. The van der Waals surface area contributed by atoms with Gasteiger partial charge in [0, 0.05) is 5.75 Å². The van der Waals surface area contributed by atoms with E-state index in [1.165, 1.54) is 11.1 Å². The van der Waals surface area contributed by atoms with Crippen LogP contribution in [0.25, 0.3) is 0 Å². The summed E-state index contributed by atoms with van der Waals surface area (Å²) in [5.41, 5.74) is 3.70. The number of fused-ring (bicyclic) bond motifs is 1. The molecule has 1 amide bonds. The van der Waals surface area contributed by atoms with Gasteiger partial charge in [0.1, 0.15) is 0 Å². The van der Waals surface area contributed by atoms with Crippen molar-refractivity contribution in [2.24, 2.45) is 0 Å². The Morgan fingerprint density at radius 1 is 1.17 bits per heavy atom. The maximum Gasteiger partial charge on any atom is 0.230 e. The number of benzene rings is 2. The van der Waals surface area contributed by atoms with Gasteiger partial charge in [-0.3, -0.25) is 4.79 Å². The number of carbonyl (C=O) groups is 1. The smallest absolute Gasteiger partial charge is 0.230 e. The zero-order valence-electron chi connectivity index (χ0n) is 13.2. The lowest BCUT2D eigenvalue weighted by atomic mass is 9.88. The van der Waals surface area contributed by atoms with E-state index in [0.29, 0.717) is 15.8 Å². The van der Waals surface area contributed by atoms with Gasteiger partial charge < -0.3 is 5.32 Å². The van der Waals surface area contributed by atoms with Crippen molar-refractivity contribution in [3.63, 3.8) is 0 Å². The molecular weight excluding hydrogens is 361 g/mol. The molecule has 0 saturated heterocycles. The Morgan fingerprint density at radius 2 is 2.00 bits per heavy atom. The number of aryl methyl sites for hydroxylation is 1. The van der Waals surface area contributed by atoms with Crippen molar-refractivity contribution in [3.05, 3.63) is 69.2 Å². The predicted molar refractivity (Wildman–Crippen MR) is 103 cm³/mol. The van der Waals surface area contributed by atoms with E-state index in [4.69, 9.17) is 23.2 Å². The van der Waals surface area contributed by atoms with Gasteiger partial charge >= 0.3 is 0 Å². The molecule has 0 unspecified atom stereocenters. The van der Waals surface area contributed by atoms with Crippen molar-refractivity contribution in [2.45, 2.75) is 31.1 Å². The molecular formula is C19H19Cl2NOS. The standard InChI is InChI=1S/C19H19Cl2NOS/c20-16-9-8-13(10-17(16)21)11-24-12-19(23)22-18-7-3-5-14-4-1-2-6-15(14)18/h1-2,4,6,8-10,18H,3,5,7,11-12H2,(H,22,23)/t18-/m1/s1. The SMILES string of the molecule is O=C(CSCc1ccc(Cl)c(Cl)c1)N[C@@H]1CCCc2ccccc21. The van der Waals surface area contributed by atoms with Crippen LogP contribution in [0.1, 0.15) is 35.6 Å². The number of amides is 1. The molecule has 0 spiro atoms. The van der Waals surface area contributed by atoms with Crippen molar-refractivity contribution < 1.29 is 4.79 Å². The van der Waals surface area contributed by atoms with Crippen molar-refractivity contribution in [1.82, 2.24) is 5.32 Å². The second-order valence-electron chi connectivity index (χ2n) is 5.95. The molecule has 0 bridgehead atoms. The van der Waals surface area contributed by atoms with Gasteiger partial charge in [0.05, 0.1) is 21.8 Å². The van der Waals surface area contributed by atoms with Gasteiger partial charge in [-0.15, -0.1) is 11.8 Å². The first-order chi connectivity index (χ1) is 11.6. The highest BCUT2D eigenvalue weighted by molar-refractivity contribution is 7.99. The van der Waals surface area contributed by atoms with Crippen LogP contribution in [0.15, 0.2) is 42.5 Å². The first-order valence-electron chi connectivity index (χ1n) is 8.02. The highest BCUT2D eigenvalue weighted by Crippen LogP contribution is 2.29. The van der Waals surface area contributed by atoms with Crippen LogP contribution in [0.2, 0.25) is 10.0 Å². The summed E-state index contributed by atoms with van der Waals surface area (Å²) in [6.45, 7) is 0. The van der Waals surface area contributed by atoms with Gasteiger partial charge in [0.25, 0.3) is 0 Å². The minimum atomic E-state index is 0.0850. The number of hydrogen-bond acceptors (Lipinski definition) is 2. The zero-order chi connectivity index (χ0) is 16.9. The first kappa shape index (κ1) is 17.7. The van der Waals surface area contributed by atoms with Crippen LogP contribution >= 0.6 is 35.0 Å². The maximum absolute atomic E-state index is 12.3. The van der Waals surface area contributed by atoms with Crippen LogP contribution in [0, 0.1) is 0 Å². The average molecular weight is 380 g/mol. The lowest BCUT2D eigenvalue weighted by Crippen LogP contribution is -2.32. The Bertz CT molecular complexity index is 735. The fraction of sp³-hybridized carbons (Fsp3) is 0.316. The second kappa shape index (κ2) is 8.28. The fourth-order valence-electron chi connectivity index (χ4n) is 3.03. The number of thioether (sulfide) groups is 1. The van der Waals surface area contributed by atoms with E-state index < -0.39 is 0 Å². The molecule has 2 aromatic carbocycles. The van der Waals surface area contributed by atoms with Gasteiger partial charge in [-0.1, -0.05) is 53.5 Å². The summed E-state index contributed by atoms with van der Waals surface area (Å²) in [6, 6.07) is 14.1. The van der Waals surface area contributed by atoms with Gasteiger partial charge in [0.2, 0.25) is 5.91 Å². The third-order valence-corrected chi connectivity index (χ3v) is 5.93. The first-order valence-corrected chi connectivity index (χ1v) is 9.93. The van der Waals surface area contributed by atoms with Gasteiger partial charge in [-0.2, -0.15) is 0 Å². The van der Waals surface area contributed by atoms with E-state index >= 15 is 0 Å². The Kier molecular flexibility index (Phi) is 6.09. The van der Waals surface area contributed by atoms with Crippen LogP contribution in [0.3, 0.4) is 0 Å². The molecule has 0 aromatic heterocycles. The number of carbonyl (C=O) groups excluding carboxylic acids is 1. The number of rotatable bonds is 5. The summed E-state index contributed by atoms with van der Waals surface area (Å²) >= 11 is 13.5. The number of nitrogens with one attached hydrogen (secondary N) is 1. The monoisotopic (exact) mass is 379 g/mol. The summed E-state index contributed by atoms with van der Waals surface area (Å²) in [4.78, 5) is 12.3. The van der Waals surface area contributed by atoms with Crippen LogP contribution in [0.5, 0.6) is 0 Å². The topological polar surface area (TPSA) is 29.1 Å². The van der Waals surface area contributed by atoms with Gasteiger partial charge in [-0.25, -0.2) is 0 Å². The molecule has 5 heteroatoms. The highest BCUT2D eigenvalue weighted by Gasteiger charge is 2.21. The molecule has 1 aliphatic carbocycles. The summed E-state index contributed by atoms with van der Waals surface area (Å²) in [7, 11) is 0. The van der Waals surface area contributed by atoms with Crippen LogP contribution in [-0.2, 0) is 17.0 Å². The maximum atomic E-state index is 12.3. The molecule has 1 aliphatic rings. The lowest BCUT2D eigenvalue weighted by Gasteiger charge is -2.26. The molecule has 0 fully saturated rings. The molecule has 3 rings (SSSR count). The van der Waals surface area contributed by atoms with Crippen molar-refractivity contribution in [2.75, 3.05) is 5.75 Å². The predicted octanol–water partition coefficient (Wildman–Crippen LogP) is 5.42. The van der Waals surface area contributed by atoms with E-state index in [-0.39, 0.29) is 11.9 Å². The van der Waals surface area contributed by atoms with E-state index in [1.54, 1.807) is 17.8 Å². The molecule has 1 N–H and O–H groups in total. The Morgan fingerprint density at radius 3 is 2.83 bits per heavy atom. The molecule has 0 heterocycles. The Hall–Kier alpha value is -1.16. The molecule has 0 saturated carbocycles. The third kappa shape index (κ3) is 4.47. The largest absolute Gasteiger partial charge is 0.349 e. The average Bonchev–Trinajstić information content (AvgIpc) is 2.58.